The van der Waals surface area contributed by atoms with Gasteiger partial charge in [0.2, 0.25) is 0 Å². The van der Waals surface area contributed by atoms with Gasteiger partial charge in [-0.05, 0) is 24.6 Å². The molecule has 2 aromatic rings. The third kappa shape index (κ3) is 3.81. The zero-order valence-electron chi connectivity index (χ0n) is 13.5. The first kappa shape index (κ1) is 16.8. The van der Waals surface area contributed by atoms with Gasteiger partial charge in [0.05, 0.1) is 20.8 Å². The molecule has 0 aliphatic rings. The van der Waals surface area contributed by atoms with Crippen molar-refractivity contribution in [3.05, 3.63) is 59.7 Å². The van der Waals surface area contributed by atoms with Gasteiger partial charge in [0.25, 0.3) is 5.91 Å². The van der Waals surface area contributed by atoms with Crippen molar-refractivity contribution in [1.29, 1.82) is 0 Å². The van der Waals surface area contributed by atoms with Crippen LogP contribution < -0.4 is 14.8 Å². The van der Waals surface area contributed by atoms with Gasteiger partial charge in [-0.25, -0.2) is 0 Å². The molecule has 1 atom stereocenters. The van der Waals surface area contributed by atoms with Gasteiger partial charge in [-0.3, -0.25) is 4.79 Å². The van der Waals surface area contributed by atoms with Crippen LogP contribution in [-0.2, 0) is 5.60 Å². The van der Waals surface area contributed by atoms with Crippen LogP contribution in [0.2, 0.25) is 0 Å². The molecule has 5 heteroatoms. The van der Waals surface area contributed by atoms with Gasteiger partial charge in [0.15, 0.2) is 0 Å². The van der Waals surface area contributed by atoms with Gasteiger partial charge in [-0.2, -0.15) is 0 Å². The number of benzene rings is 2. The number of ether oxygens (including phenoxy) is 2. The van der Waals surface area contributed by atoms with Crippen LogP contribution in [0.3, 0.4) is 0 Å². The summed E-state index contributed by atoms with van der Waals surface area (Å²) in [6, 6.07) is 14.3. The van der Waals surface area contributed by atoms with Crippen molar-refractivity contribution >= 4 is 5.91 Å². The third-order valence-corrected chi connectivity index (χ3v) is 3.64. The molecule has 2 rings (SSSR count). The molecule has 0 radical (unpaired) electrons. The Balaban J connectivity index is 2.17. The maximum atomic E-state index is 12.5. The van der Waals surface area contributed by atoms with Gasteiger partial charge < -0.3 is 19.9 Å². The molecule has 0 bridgehead atoms. The molecule has 1 unspecified atom stereocenters. The Morgan fingerprint density at radius 2 is 1.61 bits per heavy atom. The molecule has 5 nitrogen and oxygen atoms in total. The maximum absolute atomic E-state index is 12.5. The first-order chi connectivity index (χ1) is 11.0. The van der Waals surface area contributed by atoms with E-state index < -0.39 is 5.60 Å². The van der Waals surface area contributed by atoms with Crippen LogP contribution in [0.25, 0.3) is 0 Å². The number of hydrogen-bond donors (Lipinski definition) is 2. The minimum atomic E-state index is -1.17. The highest BCUT2D eigenvalue weighted by molar-refractivity contribution is 5.99. The highest BCUT2D eigenvalue weighted by Gasteiger charge is 2.25. The molecular weight excluding hydrogens is 294 g/mol. The summed E-state index contributed by atoms with van der Waals surface area (Å²) in [5.41, 5.74) is -0.139. The van der Waals surface area contributed by atoms with Gasteiger partial charge >= 0.3 is 0 Å². The second kappa shape index (κ2) is 7.15. The lowest BCUT2D eigenvalue weighted by Gasteiger charge is -2.24. The number of amides is 1. The monoisotopic (exact) mass is 315 g/mol. The van der Waals surface area contributed by atoms with Crippen LogP contribution in [0.1, 0.15) is 22.8 Å². The summed E-state index contributed by atoms with van der Waals surface area (Å²) in [5, 5.41) is 13.3. The Morgan fingerprint density at radius 1 is 1.04 bits per heavy atom. The van der Waals surface area contributed by atoms with Crippen LogP contribution in [0.15, 0.2) is 48.5 Å². The summed E-state index contributed by atoms with van der Waals surface area (Å²) in [5.74, 6) is 0.470. The summed E-state index contributed by atoms with van der Waals surface area (Å²) in [6.07, 6.45) is 0. The molecule has 23 heavy (non-hydrogen) atoms. The van der Waals surface area contributed by atoms with Crippen molar-refractivity contribution in [3.8, 4) is 11.5 Å². The molecule has 2 aromatic carbocycles. The van der Waals surface area contributed by atoms with Crippen molar-refractivity contribution in [3.63, 3.8) is 0 Å². The minimum Gasteiger partial charge on any atom is -0.496 e. The van der Waals surface area contributed by atoms with Gasteiger partial charge in [-0.15, -0.1) is 0 Å². The number of carbonyl (C=O) groups excluding carboxylic acids is 1. The molecule has 0 aliphatic heterocycles. The first-order valence-electron chi connectivity index (χ1n) is 7.26. The standard InChI is InChI=1S/C18H21NO4/c1-18(21,13-8-5-4-6-9-13)12-19-17(20)16-14(22-2)10-7-11-15(16)23-3/h4-11,21H,12H2,1-3H3,(H,19,20). The van der Waals surface area contributed by atoms with Crippen molar-refractivity contribution in [2.45, 2.75) is 12.5 Å². The van der Waals surface area contributed by atoms with E-state index in [-0.39, 0.29) is 12.5 Å². The number of nitrogens with one attached hydrogen (secondary N) is 1. The predicted octanol–water partition coefficient (Wildman–Crippen LogP) is 2.34. The van der Waals surface area contributed by atoms with Crippen LogP contribution in [0.4, 0.5) is 0 Å². The molecule has 0 aromatic heterocycles. The van der Waals surface area contributed by atoms with Crippen molar-refractivity contribution in [2.24, 2.45) is 0 Å². The fraction of sp³-hybridized carbons (Fsp3) is 0.278. The van der Waals surface area contributed by atoms with Gasteiger partial charge in [0, 0.05) is 0 Å². The Labute approximate surface area is 135 Å². The maximum Gasteiger partial charge on any atom is 0.258 e. The first-order valence-corrected chi connectivity index (χ1v) is 7.26. The van der Waals surface area contributed by atoms with Crippen molar-refractivity contribution < 1.29 is 19.4 Å². The molecule has 1 amide bonds. The van der Waals surface area contributed by atoms with E-state index in [9.17, 15) is 9.90 Å². The van der Waals surface area contributed by atoms with E-state index in [1.165, 1.54) is 14.2 Å². The molecule has 0 aliphatic carbocycles. The fourth-order valence-electron chi connectivity index (χ4n) is 2.32. The SMILES string of the molecule is COc1cccc(OC)c1C(=O)NCC(C)(O)c1ccccc1. The molecule has 0 spiro atoms. The number of rotatable bonds is 6. The van der Waals surface area contributed by atoms with E-state index in [4.69, 9.17) is 9.47 Å². The average Bonchev–Trinajstić information content (AvgIpc) is 2.59. The lowest BCUT2D eigenvalue weighted by atomic mass is 9.96. The lowest BCUT2D eigenvalue weighted by molar-refractivity contribution is 0.0524. The van der Waals surface area contributed by atoms with E-state index in [1.807, 2.05) is 30.3 Å². The topological polar surface area (TPSA) is 67.8 Å². The minimum absolute atomic E-state index is 0.0665. The Bertz CT molecular complexity index is 646. The van der Waals surface area contributed by atoms with Crippen LogP contribution in [0.5, 0.6) is 11.5 Å². The van der Waals surface area contributed by atoms with E-state index in [0.29, 0.717) is 17.1 Å². The lowest BCUT2D eigenvalue weighted by Crippen LogP contribution is -2.38. The summed E-state index contributed by atoms with van der Waals surface area (Å²) in [6.45, 7) is 1.72. The fourth-order valence-corrected chi connectivity index (χ4v) is 2.32. The Hall–Kier alpha value is -2.53. The summed E-state index contributed by atoms with van der Waals surface area (Å²) >= 11 is 0. The summed E-state index contributed by atoms with van der Waals surface area (Å²) in [7, 11) is 2.98. The summed E-state index contributed by atoms with van der Waals surface area (Å²) in [4.78, 5) is 12.5. The van der Waals surface area contributed by atoms with E-state index in [0.717, 1.165) is 5.56 Å². The van der Waals surface area contributed by atoms with Crippen LogP contribution in [-0.4, -0.2) is 31.8 Å². The molecule has 0 heterocycles. The van der Waals surface area contributed by atoms with Crippen molar-refractivity contribution in [2.75, 3.05) is 20.8 Å². The molecular formula is C18H21NO4. The van der Waals surface area contributed by atoms with Crippen molar-refractivity contribution in [1.82, 2.24) is 5.32 Å². The number of hydrogen-bond acceptors (Lipinski definition) is 4. The number of carbonyl (C=O) groups is 1. The normalized spacial score (nSPS) is 13.0. The smallest absolute Gasteiger partial charge is 0.258 e. The zero-order chi connectivity index (χ0) is 16.9. The number of methoxy groups -OCH3 is 2. The molecule has 0 fully saturated rings. The van der Waals surface area contributed by atoms with Gasteiger partial charge in [-0.1, -0.05) is 36.4 Å². The average molecular weight is 315 g/mol. The molecule has 0 saturated heterocycles. The quantitative estimate of drug-likeness (QED) is 0.858. The largest absolute Gasteiger partial charge is 0.496 e. The highest BCUT2D eigenvalue weighted by atomic mass is 16.5. The van der Waals surface area contributed by atoms with Crippen LogP contribution >= 0.6 is 0 Å². The highest BCUT2D eigenvalue weighted by Crippen LogP contribution is 2.28. The van der Waals surface area contributed by atoms with Crippen LogP contribution in [0, 0.1) is 0 Å². The predicted molar refractivity (Wildman–Crippen MR) is 87.9 cm³/mol. The molecule has 122 valence electrons. The molecule has 0 saturated carbocycles. The number of aliphatic hydroxyl groups is 1. The Morgan fingerprint density at radius 3 is 2.13 bits per heavy atom. The van der Waals surface area contributed by atoms with E-state index in [1.54, 1.807) is 25.1 Å². The Kier molecular flexibility index (Phi) is 5.24. The third-order valence-electron chi connectivity index (χ3n) is 3.64. The second-order valence-corrected chi connectivity index (χ2v) is 5.36. The molecule has 2 N–H and O–H groups in total. The van der Waals surface area contributed by atoms with Gasteiger partial charge in [0.1, 0.15) is 22.7 Å². The summed E-state index contributed by atoms with van der Waals surface area (Å²) < 4.78 is 10.4. The van der Waals surface area contributed by atoms with E-state index >= 15 is 0 Å². The van der Waals surface area contributed by atoms with E-state index in [2.05, 4.69) is 5.32 Å². The zero-order valence-corrected chi connectivity index (χ0v) is 13.5. The second-order valence-electron chi connectivity index (χ2n) is 5.36.